The molecule has 2 N–H and O–H groups in total. The number of hydrogen-bond donors (Lipinski definition) is 1. The van der Waals surface area contributed by atoms with Crippen molar-refractivity contribution in [2.24, 2.45) is 5.73 Å². The zero-order valence-corrected chi connectivity index (χ0v) is 17.4. The molecule has 0 radical (unpaired) electrons. The molecule has 0 unspecified atom stereocenters. The minimum Gasteiger partial charge on any atom is -0.366 e. The van der Waals surface area contributed by atoms with Gasteiger partial charge in [0.2, 0.25) is 17.6 Å². The number of carbonyl (C=O) groups excluding carboxylic acids is 1. The summed E-state index contributed by atoms with van der Waals surface area (Å²) >= 11 is 0. The number of carbonyl (C=O) groups is 1. The van der Waals surface area contributed by atoms with Gasteiger partial charge in [-0.2, -0.15) is 10.1 Å². The Balaban J connectivity index is 1.48. The number of para-hydroxylation sites is 1. The molecule has 2 aromatic heterocycles. The van der Waals surface area contributed by atoms with E-state index in [2.05, 4.69) is 10.1 Å². The van der Waals surface area contributed by atoms with Crippen LogP contribution < -0.4 is 5.73 Å². The van der Waals surface area contributed by atoms with Crippen LogP contribution >= 0.6 is 0 Å². The summed E-state index contributed by atoms with van der Waals surface area (Å²) in [5.41, 5.74) is 9.62. The number of nitrogens with two attached hydrogens (primary N) is 1. The van der Waals surface area contributed by atoms with Crippen molar-refractivity contribution >= 4 is 5.91 Å². The number of nitrogens with zero attached hydrogens (tertiary/aromatic N) is 4. The SMILES string of the molecule is NC(=O)c1ccc(-c2noc(Cc3cn(-c4ccccc4)nc3-c3ccc(F)cc3)n2)cc1. The van der Waals surface area contributed by atoms with Crippen LogP contribution in [0.2, 0.25) is 0 Å². The number of halogens is 1. The number of rotatable bonds is 6. The third-order valence-electron chi connectivity index (χ3n) is 5.17. The van der Waals surface area contributed by atoms with Gasteiger partial charge in [-0.3, -0.25) is 4.79 Å². The van der Waals surface area contributed by atoms with Gasteiger partial charge in [0, 0.05) is 28.5 Å². The van der Waals surface area contributed by atoms with E-state index in [-0.39, 0.29) is 5.82 Å². The Morgan fingerprint density at radius 3 is 2.33 bits per heavy atom. The number of benzene rings is 3. The zero-order chi connectivity index (χ0) is 22.8. The average Bonchev–Trinajstić information content (AvgIpc) is 3.48. The van der Waals surface area contributed by atoms with Crippen LogP contribution in [0.1, 0.15) is 21.8 Å². The molecule has 0 saturated carbocycles. The molecule has 162 valence electrons. The number of amides is 1. The van der Waals surface area contributed by atoms with E-state index < -0.39 is 5.91 Å². The van der Waals surface area contributed by atoms with Gasteiger partial charge >= 0.3 is 0 Å². The van der Waals surface area contributed by atoms with E-state index >= 15 is 0 Å². The van der Waals surface area contributed by atoms with Gasteiger partial charge in [-0.15, -0.1) is 0 Å². The zero-order valence-electron chi connectivity index (χ0n) is 17.4. The molecule has 0 bridgehead atoms. The summed E-state index contributed by atoms with van der Waals surface area (Å²) in [7, 11) is 0. The first-order chi connectivity index (χ1) is 16.1. The monoisotopic (exact) mass is 439 g/mol. The largest absolute Gasteiger partial charge is 0.366 e. The first-order valence-corrected chi connectivity index (χ1v) is 10.2. The molecule has 0 aliphatic rings. The first-order valence-electron chi connectivity index (χ1n) is 10.2. The van der Waals surface area contributed by atoms with Crippen LogP contribution in [-0.2, 0) is 6.42 Å². The maximum atomic E-state index is 13.5. The highest BCUT2D eigenvalue weighted by Gasteiger charge is 2.17. The van der Waals surface area contributed by atoms with Crippen LogP contribution in [-0.4, -0.2) is 25.8 Å². The van der Waals surface area contributed by atoms with Crippen molar-refractivity contribution in [1.29, 1.82) is 0 Å². The molecule has 5 aromatic rings. The molecular weight excluding hydrogens is 421 g/mol. The average molecular weight is 439 g/mol. The quantitative estimate of drug-likeness (QED) is 0.422. The minimum absolute atomic E-state index is 0.313. The van der Waals surface area contributed by atoms with E-state index in [1.807, 2.05) is 36.5 Å². The summed E-state index contributed by atoms with van der Waals surface area (Å²) in [6.45, 7) is 0. The van der Waals surface area contributed by atoms with Crippen molar-refractivity contribution in [3.8, 4) is 28.3 Å². The molecule has 0 aliphatic carbocycles. The van der Waals surface area contributed by atoms with Crippen LogP contribution in [0.5, 0.6) is 0 Å². The summed E-state index contributed by atoms with van der Waals surface area (Å²) in [5, 5.41) is 8.79. The summed E-state index contributed by atoms with van der Waals surface area (Å²) < 4.78 is 20.7. The molecule has 2 heterocycles. The van der Waals surface area contributed by atoms with Gasteiger partial charge in [-0.05, 0) is 48.5 Å². The number of hydrogen-bond acceptors (Lipinski definition) is 5. The maximum absolute atomic E-state index is 13.5. The first kappa shape index (κ1) is 20.3. The van der Waals surface area contributed by atoms with Crippen molar-refractivity contribution in [1.82, 2.24) is 19.9 Å². The smallest absolute Gasteiger partial charge is 0.248 e. The van der Waals surface area contributed by atoms with E-state index in [0.29, 0.717) is 35.0 Å². The van der Waals surface area contributed by atoms with Gasteiger partial charge in [0.25, 0.3) is 0 Å². The van der Waals surface area contributed by atoms with Crippen LogP contribution in [0.4, 0.5) is 4.39 Å². The molecule has 7 nitrogen and oxygen atoms in total. The molecule has 1 amide bonds. The third kappa shape index (κ3) is 4.27. The van der Waals surface area contributed by atoms with Gasteiger partial charge in [0.05, 0.1) is 17.8 Å². The Morgan fingerprint density at radius 2 is 1.64 bits per heavy atom. The standard InChI is InChI=1S/C25H18FN5O2/c26-20-12-10-16(11-13-20)23-19(15-31(29-23)21-4-2-1-3-5-21)14-22-28-25(30-33-22)18-8-6-17(7-9-18)24(27)32/h1-13,15H,14H2,(H2,27,32). The van der Waals surface area contributed by atoms with E-state index in [0.717, 1.165) is 16.8 Å². The van der Waals surface area contributed by atoms with E-state index in [1.165, 1.54) is 12.1 Å². The van der Waals surface area contributed by atoms with Crippen molar-refractivity contribution in [3.05, 3.63) is 108 Å². The fourth-order valence-corrected chi connectivity index (χ4v) is 3.49. The lowest BCUT2D eigenvalue weighted by Crippen LogP contribution is -2.10. The molecule has 3 aromatic carbocycles. The topological polar surface area (TPSA) is 99.8 Å². The summed E-state index contributed by atoms with van der Waals surface area (Å²) in [5.74, 6) is -0.00875. The third-order valence-corrected chi connectivity index (χ3v) is 5.17. The molecule has 0 saturated heterocycles. The number of primary amides is 1. The fourth-order valence-electron chi connectivity index (χ4n) is 3.49. The summed E-state index contributed by atoms with van der Waals surface area (Å²) in [4.78, 5) is 15.8. The Morgan fingerprint density at radius 1 is 0.939 bits per heavy atom. The Bertz CT molecular complexity index is 1410. The van der Waals surface area contributed by atoms with Gasteiger partial charge < -0.3 is 10.3 Å². The van der Waals surface area contributed by atoms with E-state index in [4.69, 9.17) is 15.4 Å². The van der Waals surface area contributed by atoms with E-state index in [9.17, 15) is 9.18 Å². The minimum atomic E-state index is -0.501. The lowest BCUT2D eigenvalue weighted by molar-refractivity contribution is 0.100. The second kappa shape index (κ2) is 8.51. The summed E-state index contributed by atoms with van der Waals surface area (Å²) in [6.07, 6.45) is 2.24. The lowest BCUT2D eigenvalue weighted by Gasteiger charge is -2.01. The van der Waals surface area contributed by atoms with Crippen LogP contribution in [0.3, 0.4) is 0 Å². The fraction of sp³-hybridized carbons (Fsp3) is 0.0400. The van der Waals surface area contributed by atoms with Crippen LogP contribution in [0, 0.1) is 5.82 Å². The molecule has 33 heavy (non-hydrogen) atoms. The van der Waals surface area contributed by atoms with Gasteiger partial charge in [-0.1, -0.05) is 35.5 Å². The van der Waals surface area contributed by atoms with Gasteiger partial charge in [0.1, 0.15) is 5.82 Å². The molecule has 0 atom stereocenters. The lowest BCUT2D eigenvalue weighted by atomic mass is 10.1. The van der Waals surface area contributed by atoms with Crippen LogP contribution in [0.15, 0.2) is 89.6 Å². The van der Waals surface area contributed by atoms with Crippen LogP contribution in [0.25, 0.3) is 28.3 Å². The van der Waals surface area contributed by atoms with Gasteiger partial charge in [-0.25, -0.2) is 9.07 Å². The normalized spacial score (nSPS) is 10.9. The van der Waals surface area contributed by atoms with Gasteiger partial charge in [0.15, 0.2) is 0 Å². The highest BCUT2D eigenvalue weighted by Crippen LogP contribution is 2.26. The highest BCUT2D eigenvalue weighted by atomic mass is 19.1. The summed E-state index contributed by atoms with van der Waals surface area (Å²) in [6, 6.07) is 22.5. The molecule has 0 spiro atoms. The Labute approximate surface area is 188 Å². The van der Waals surface area contributed by atoms with Crippen molar-refractivity contribution < 1.29 is 13.7 Å². The predicted octanol–water partition coefficient (Wildman–Crippen LogP) is 4.42. The van der Waals surface area contributed by atoms with Crippen molar-refractivity contribution in [2.45, 2.75) is 6.42 Å². The second-order valence-corrected chi connectivity index (χ2v) is 7.42. The predicted molar refractivity (Wildman–Crippen MR) is 120 cm³/mol. The number of aromatic nitrogens is 4. The molecule has 8 heteroatoms. The van der Waals surface area contributed by atoms with Crippen molar-refractivity contribution in [3.63, 3.8) is 0 Å². The van der Waals surface area contributed by atoms with Crippen molar-refractivity contribution in [2.75, 3.05) is 0 Å². The molecular formula is C25H18FN5O2. The molecule has 5 rings (SSSR count). The van der Waals surface area contributed by atoms with E-state index in [1.54, 1.807) is 41.1 Å². The second-order valence-electron chi connectivity index (χ2n) is 7.42. The highest BCUT2D eigenvalue weighted by molar-refractivity contribution is 5.93. The molecule has 0 aliphatic heterocycles. The maximum Gasteiger partial charge on any atom is 0.248 e. The Hall–Kier alpha value is -4.59. The Kier molecular flexibility index (Phi) is 5.24. The molecule has 0 fully saturated rings.